The van der Waals surface area contributed by atoms with Gasteiger partial charge in [-0.3, -0.25) is 4.79 Å². The number of amides is 1. The predicted octanol–water partition coefficient (Wildman–Crippen LogP) is 2.57. The van der Waals surface area contributed by atoms with E-state index in [2.05, 4.69) is 9.50 Å². The lowest BCUT2D eigenvalue weighted by molar-refractivity contribution is -0.124. The minimum Gasteiger partial charge on any atom is -0.358 e. The van der Waals surface area contributed by atoms with E-state index < -0.39 is 15.9 Å². The highest BCUT2D eigenvalue weighted by Gasteiger charge is 2.33. The van der Waals surface area contributed by atoms with Gasteiger partial charge in [0.05, 0.1) is 5.41 Å². The van der Waals surface area contributed by atoms with Crippen LogP contribution in [0.2, 0.25) is 0 Å². The third-order valence-corrected chi connectivity index (χ3v) is 3.55. The van der Waals surface area contributed by atoms with Gasteiger partial charge in [-0.15, -0.1) is 0 Å². The van der Waals surface area contributed by atoms with Crippen molar-refractivity contribution in [2.45, 2.75) is 19.8 Å². The number of halogens is 1. The van der Waals surface area contributed by atoms with Gasteiger partial charge in [0.15, 0.2) is 0 Å². The van der Waals surface area contributed by atoms with Crippen molar-refractivity contribution in [3.05, 3.63) is 36.4 Å². The third-order valence-electron chi connectivity index (χ3n) is 3.16. The first kappa shape index (κ1) is 14.5. The Morgan fingerprint density at radius 3 is 2.30 bits per heavy atom. The summed E-state index contributed by atoms with van der Waals surface area (Å²) in [6.45, 7) is 1.87. The van der Waals surface area contributed by atoms with E-state index in [1.807, 2.05) is 19.1 Å². The number of carbonyl (C=O) groups excluding carboxylic acids is 1. The maximum atomic E-state index is 12.3. The molecule has 108 valence electrons. The molecule has 7 heteroatoms. The lowest BCUT2D eigenvalue weighted by atomic mass is 9.87. The van der Waals surface area contributed by atoms with Gasteiger partial charge in [-0.25, -0.2) is 0 Å². The normalized spacial score (nSPS) is 16.9. The number of hydrogen-bond acceptors (Lipinski definition) is 4. The van der Waals surface area contributed by atoms with Gasteiger partial charge in [-0.2, -0.15) is 8.42 Å². The molecule has 0 aliphatic heterocycles. The number of anilines is 1. The summed E-state index contributed by atoms with van der Waals surface area (Å²) in [6, 6.07) is 5.43. The van der Waals surface area contributed by atoms with E-state index in [0.29, 0.717) is 18.5 Å². The first-order valence-electron chi connectivity index (χ1n) is 5.99. The number of allylic oxidation sites excluding steroid dienone is 2. The maximum absolute atomic E-state index is 12.3. The van der Waals surface area contributed by atoms with Crippen molar-refractivity contribution in [2.75, 3.05) is 5.32 Å². The van der Waals surface area contributed by atoms with Crippen LogP contribution >= 0.6 is 0 Å². The monoisotopic (exact) mass is 299 g/mol. The highest BCUT2D eigenvalue weighted by molar-refractivity contribution is 7.81. The summed E-state index contributed by atoms with van der Waals surface area (Å²) in [7, 11) is -5.03. The summed E-state index contributed by atoms with van der Waals surface area (Å²) in [5, 5.41) is 2.74. The summed E-state index contributed by atoms with van der Waals surface area (Å²) in [5.41, 5.74) is 0.0315. The SMILES string of the molecule is CC1(C(=O)Nc2ccc(OS(=O)(=O)F)cc2)CC=CC1. The van der Waals surface area contributed by atoms with Crippen molar-refractivity contribution in [3.63, 3.8) is 0 Å². The molecule has 0 radical (unpaired) electrons. The Balaban J connectivity index is 2.02. The van der Waals surface area contributed by atoms with Crippen molar-refractivity contribution in [2.24, 2.45) is 5.41 Å². The highest BCUT2D eigenvalue weighted by atomic mass is 32.3. The smallest absolute Gasteiger partial charge is 0.358 e. The van der Waals surface area contributed by atoms with Crippen LogP contribution in [0.15, 0.2) is 36.4 Å². The second kappa shape index (κ2) is 5.24. The standard InChI is InChI=1S/C13H14FNO4S/c1-13(8-2-3-9-13)12(16)15-10-4-6-11(7-5-10)19-20(14,17)18/h2-7H,8-9H2,1H3,(H,15,16). The van der Waals surface area contributed by atoms with Crippen LogP contribution in [0.1, 0.15) is 19.8 Å². The van der Waals surface area contributed by atoms with Crippen LogP contribution in [0.3, 0.4) is 0 Å². The van der Waals surface area contributed by atoms with Crippen LogP contribution in [0.25, 0.3) is 0 Å². The fraction of sp³-hybridized carbons (Fsp3) is 0.308. The first-order valence-corrected chi connectivity index (χ1v) is 7.30. The molecule has 0 fully saturated rings. The van der Waals surface area contributed by atoms with E-state index in [-0.39, 0.29) is 11.7 Å². The van der Waals surface area contributed by atoms with E-state index in [4.69, 9.17) is 0 Å². The third kappa shape index (κ3) is 3.57. The predicted molar refractivity (Wildman–Crippen MR) is 72.2 cm³/mol. The fourth-order valence-electron chi connectivity index (χ4n) is 1.95. The second-order valence-corrected chi connectivity index (χ2v) is 5.85. The number of rotatable bonds is 4. The lowest BCUT2D eigenvalue weighted by Crippen LogP contribution is -2.31. The van der Waals surface area contributed by atoms with Crippen LogP contribution in [-0.4, -0.2) is 14.3 Å². The number of hydrogen-bond donors (Lipinski definition) is 1. The summed E-state index contributed by atoms with van der Waals surface area (Å²) >= 11 is 0. The van der Waals surface area contributed by atoms with Gasteiger partial charge in [0.25, 0.3) is 0 Å². The Bertz CT molecular complexity index is 629. The molecule has 1 aromatic carbocycles. The molecule has 0 atom stereocenters. The molecular weight excluding hydrogens is 285 g/mol. The summed E-state index contributed by atoms with van der Waals surface area (Å²) in [4.78, 5) is 12.1. The lowest BCUT2D eigenvalue weighted by Gasteiger charge is -2.22. The molecule has 0 heterocycles. The van der Waals surface area contributed by atoms with E-state index in [1.165, 1.54) is 24.3 Å². The Morgan fingerprint density at radius 2 is 1.80 bits per heavy atom. The zero-order valence-electron chi connectivity index (χ0n) is 10.8. The zero-order chi connectivity index (χ0) is 14.8. The molecule has 1 aromatic rings. The molecular formula is C13H14FNO4S. The number of nitrogens with one attached hydrogen (secondary N) is 1. The molecule has 0 unspecified atom stereocenters. The quantitative estimate of drug-likeness (QED) is 0.685. The van der Waals surface area contributed by atoms with Gasteiger partial charge in [0.2, 0.25) is 5.91 Å². The van der Waals surface area contributed by atoms with Gasteiger partial charge in [0, 0.05) is 5.69 Å². The largest absolute Gasteiger partial charge is 0.488 e. The van der Waals surface area contributed by atoms with Crippen LogP contribution in [-0.2, 0) is 15.3 Å². The fourth-order valence-corrected chi connectivity index (χ4v) is 2.29. The van der Waals surface area contributed by atoms with E-state index >= 15 is 0 Å². The number of benzene rings is 1. The highest BCUT2D eigenvalue weighted by Crippen LogP contribution is 2.33. The van der Waals surface area contributed by atoms with E-state index in [9.17, 15) is 17.1 Å². The van der Waals surface area contributed by atoms with E-state index in [1.54, 1.807) is 0 Å². The summed E-state index contributed by atoms with van der Waals surface area (Å²) in [6.07, 6.45) is 5.28. The van der Waals surface area contributed by atoms with Crippen LogP contribution in [0.4, 0.5) is 9.57 Å². The molecule has 0 bridgehead atoms. The molecule has 0 aromatic heterocycles. The summed E-state index contributed by atoms with van der Waals surface area (Å²) < 4.78 is 37.0. The van der Waals surface area contributed by atoms with E-state index in [0.717, 1.165) is 0 Å². The summed E-state index contributed by atoms with van der Waals surface area (Å²) in [5.74, 6) is -0.270. The molecule has 0 spiro atoms. The Labute approximate surface area is 116 Å². The molecule has 20 heavy (non-hydrogen) atoms. The minimum absolute atomic E-state index is 0.116. The molecule has 0 saturated carbocycles. The molecule has 2 rings (SSSR count). The molecule has 1 amide bonds. The minimum atomic E-state index is -5.03. The van der Waals surface area contributed by atoms with Gasteiger partial charge >= 0.3 is 10.5 Å². The Hall–Kier alpha value is -1.89. The molecule has 0 saturated heterocycles. The van der Waals surface area contributed by atoms with Crippen molar-refractivity contribution in [1.82, 2.24) is 0 Å². The van der Waals surface area contributed by atoms with Crippen molar-refractivity contribution >= 4 is 22.1 Å². The molecule has 1 aliphatic carbocycles. The van der Waals surface area contributed by atoms with Crippen LogP contribution < -0.4 is 9.50 Å². The molecule has 5 nitrogen and oxygen atoms in total. The molecule has 1 aliphatic rings. The number of carbonyl (C=O) groups is 1. The van der Waals surface area contributed by atoms with Gasteiger partial charge in [-0.05, 0) is 37.1 Å². The Morgan fingerprint density at radius 1 is 1.25 bits per heavy atom. The van der Waals surface area contributed by atoms with Crippen LogP contribution in [0.5, 0.6) is 5.75 Å². The second-order valence-electron chi connectivity index (χ2n) is 4.90. The van der Waals surface area contributed by atoms with Crippen molar-refractivity contribution < 1.29 is 21.3 Å². The zero-order valence-corrected chi connectivity index (χ0v) is 11.6. The Kier molecular flexibility index (Phi) is 3.80. The average Bonchev–Trinajstić information content (AvgIpc) is 2.78. The first-order chi connectivity index (χ1) is 9.28. The van der Waals surface area contributed by atoms with Gasteiger partial charge in [-0.1, -0.05) is 23.0 Å². The van der Waals surface area contributed by atoms with Gasteiger partial charge < -0.3 is 9.50 Å². The maximum Gasteiger partial charge on any atom is 0.488 e. The topological polar surface area (TPSA) is 72.5 Å². The van der Waals surface area contributed by atoms with Crippen molar-refractivity contribution in [3.8, 4) is 5.75 Å². The van der Waals surface area contributed by atoms with Gasteiger partial charge in [0.1, 0.15) is 5.75 Å². The average molecular weight is 299 g/mol. The van der Waals surface area contributed by atoms with Crippen LogP contribution in [0, 0.1) is 5.41 Å². The van der Waals surface area contributed by atoms with Crippen molar-refractivity contribution in [1.29, 1.82) is 0 Å². The molecule has 1 N–H and O–H groups in total.